The van der Waals surface area contributed by atoms with Gasteiger partial charge in [0.15, 0.2) is 5.96 Å². The van der Waals surface area contributed by atoms with Crippen LogP contribution in [0.15, 0.2) is 27.3 Å². The summed E-state index contributed by atoms with van der Waals surface area (Å²) < 4.78 is 18.0. The Morgan fingerprint density at radius 2 is 2.15 bits per heavy atom. The molecule has 1 aromatic rings. The van der Waals surface area contributed by atoms with E-state index >= 15 is 0 Å². The van der Waals surface area contributed by atoms with E-state index in [1.54, 1.807) is 12.3 Å². The number of hydrogen-bond acceptors (Lipinski definition) is 7. The molecule has 0 radical (unpaired) electrons. The lowest BCUT2D eigenvalue weighted by Crippen LogP contribution is -2.43. The minimum Gasteiger partial charge on any atom is -0.478 e. The van der Waals surface area contributed by atoms with Crippen molar-refractivity contribution >= 4 is 41.4 Å². The minimum atomic E-state index is -0.525. The maximum absolute atomic E-state index is 11.4. The molecule has 0 spiro atoms. The van der Waals surface area contributed by atoms with E-state index in [-0.39, 0.29) is 35.1 Å². The topological polar surface area (TPSA) is 161 Å². The van der Waals surface area contributed by atoms with Crippen LogP contribution in [-0.2, 0) is 14.9 Å². The van der Waals surface area contributed by atoms with Crippen molar-refractivity contribution in [1.82, 2.24) is 25.9 Å². The molecule has 3 rings (SSSR count). The Morgan fingerprint density at radius 3 is 2.82 bits per heavy atom. The molecule has 1 atom stereocenters. The summed E-state index contributed by atoms with van der Waals surface area (Å²) in [4.78, 5) is 32.2. The first-order chi connectivity index (χ1) is 16.0. The molecule has 1 amide bonds. The lowest BCUT2D eigenvalue weighted by molar-refractivity contribution is 0.168. The van der Waals surface area contributed by atoms with Gasteiger partial charge in [0.25, 0.3) is 5.90 Å². The van der Waals surface area contributed by atoms with Crippen molar-refractivity contribution in [2.24, 2.45) is 15.0 Å². The number of guanidine groups is 1. The number of amidine groups is 1. The molecule has 0 saturated heterocycles. The molecular weight excluding hydrogens is 426 g/mol. The Labute approximate surface area is 192 Å². The van der Waals surface area contributed by atoms with Crippen molar-refractivity contribution in [2.45, 2.75) is 39.2 Å². The van der Waals surface area contributed by atoms with E-state index in [0.717, 1.165) is 0 Å². The third kappa shape index (κ3) is 5.64. The Hall–Kier alpha value is -3.96. The number of nitrogens with zero attached hydrogens (tertiary/aromatic N) is 4. The molecule has 3 heterocycles. The molecule has 1 aromatic heterocycles. The zero-order valence-corrected chi connectivity index (χ0v) is 19.5. The molecule has 0 fully saturated rings. The van der Waals surface area contributed by atoms with Gasteiger partial charge in [-0.3, -0.25) is 10.4 Å². The summed E-state index contributed by atoms with van der Waals surface area (Å²) in [6.07, 6.45) is 2.80. The lowest BCUT2D eigenvalue weighted by Gasteiger charge is -2.17. The van der Waals surface area contributed by atoms with E-state index in [1.807, 2.05) is 27.7 Å². The number of alkyl carbamates (subject to hydrolysis) is 1. The average molecular weight is 457 g/mol. The monoisotopic (exact) mass is 456 g/mol. The number of H-pyrrole nitrogens is 1. The summed E-state index contributed by atoms with van der Waals surface area (Å²) in [5.41, 5.74) is 0.509. The highest BCUT2D eigenvalue weighted by molar-refractivity contribution is 6.42. The van der Waals surface area contributed by atoms with Crippen molar-refractivity contribution in [2.75, 3.05) is 20.8 Å². The van der Waals surface area contributed by atoms with E-state index in [4.69, 9.17) is 16.5 Å². The normalized spacial score (nSPS) is 21.9. The second kappa shape index (κ2) is 9.67. The minimum absolute atomic E-state index is 0.00501. The highest BCUT2D eigenvalue weighted by Gasteiger charge is 2.21. The number of rotatable bonds is 3. The molecule has 0 aliphatic carbocycles. The number of aromatic nitrogens is 2. The van der Waals surface area contributed by atoms with Crippen LogP contribution in [-0.4, -0.2) is 66.8 Å². The number of amides is 1. The number of imidazole rings is 1. The summed E-state index contributed by atoms with van der Waals surface area (Å²) in [5.74, 6) is 0.930. The highest BCUT2D eigenvalue weighted by Crippen LogP contribution is 2.15. The molecule has 5 N–H and O–H groups in total. The number of carbonyl (C=O) groups is 1. The van der Waals surface area contributed by atoms with Gasteiger partial charge in [-0.1, -0.05) is 20.8 Å². The first-order valence-corrected chi connectivity index (χ1v) is 10.2. The van der Waals surface area contributed by atoms with Crippen LogP contribution in [0.3, 0.4) is 0 Å². The summed E-state index contributed by atoms with van der Waals surface area (Å²) in [6, 6.07) is -0.245. The fourth-order valence-electron chi connectivity index (χ4n) is 2.85. The fourth-order valence-corrected chi connectivity index (χ4v) is 2.85. The molecular formula is C21H29N9O3. The number of ether oxygens (including phenoxy) is 2. The number of hydrogen-bond donors (Lipinski definition) is 5. The van der Waals surface area contributed by atoms with Gasteiger partial charge in [-0.05, 0) is 13.0 Å². The zero-order chi connectivity index (χ0) is 25.0. The predicted octanol–water partition coefficient (Wildman–Crippen LogP) is -0.163. The molecule has 2 aliphatic heterocycles. The van der Waals surface area contributed by atoms with Gasteiger partial charge in [-0.15, -0.1) is 0 Å². The molecule has 0 unspecified atom stereocenters. The summed E-state index contributed by atoms with van der Waals surface area (Å²) in [7, 11) is 2.70. The quantitative estimate of drug-likeness (QED) is 0.424. The maximum Gasteiger partial charge on any atom is 0.407 e. The highest BCUT2D eigenvalue weighted by atomic mass is 16.5. The van der Waals surface area contributed by atoms with E-state index in [0.29, 0.717) is 34.7 Å². The van der Waals surface area contributed by atoms with Crippen molar-refractivity contribution in [3.8, 4) is 0 Å². The second-order valence-electron chi connectivity index (χ2n) is 8.34. The molecule has 0 bridgehead atoms. The smallest absolute Gasteiger partial charge is 0.407 e. The largest absolute Gasteiger partial charge is 0.478 e. The van der Waals surface area contributed by atoms with Crippen LogP contribution in [0, 0.1) is 5.41 Å². The molecule has 2 aliphatic rings. The third-order valence-electron chi connectivity index (χ3n) is 4.59. The third-order valence-corrected chi connectivity index (χ3v) is 4.59. The SMILES string of the molecule is [2H]C1=NC(=N)C(OC)=NC1=c1nc(C(C)(C)C)[nH]c1=C1C=CNC(=NC[C@H](C)NC(=O)OC)N1. The van der Waals surface area contributed by atoms with Crippen LogP contribution in [0.1, 0.15) is 34.9 Å². The Bertz CT molecular complexity index is 1230. The fraction of sp³-hybridized carbons (Fsp3) is 0.429. The molecule has 0 saturated carbocycles. The van der Waals surface area contributed by atoms with Crippen LogP contribution in [0.25, 0.3) is 11.4 Å². The van der Waals surface area contributed by atoms with Crippen LogP contribution in [0.2, 0.25) is 0 Å². The number of aliphatic imine (C=N–C) groups is 3. The maximum atomic E-state index is 11.4. The number of aromatic amines is 1. The van der Waals surface area contributed by atoms with Crippen molar-refractivity contribution in [3.05, 3.63) is 28.8 Å². The molecule has 12 heteroatoms. The van der Waals surface area contributed by atoms with Gasteiger partial charge in [0.2, 0.25) is 5.84 Å². The predicted molar refractivity (Wildman–Crippen MR) is 127 cm³/mol. The first kappa shape index (κ1) is 22.2. The van der Waals surface area contributed by atoms with Crippen LogP contribution in [0.4, 0.5) is 4.79 Å². The van der Waals surface area contributed by atoms with Crippen molar-refractivity contribution < 1.29 is 15.6 Å². The Kier molecular flexibility index (Phi) is 6.52. The van der Waals surface area contributed by atoms with Crippen molar-refractivity contribution in [1.29, 1.82) is 5.41 Å². The van der Waals surface area contributed by atoms with Gasteiger partial charge in [0.05, 0.1) is 39.4 Å². The number of methoxy groups -OCH3 is 2. The van der Waals surface area contributed by atoms with E-state index in [9.17, 15) is 4.79 Å². The Morgan fingerprint density at radius 1 is 1.39 bits per heavy atom. The molecule has 0 aromatic carbocycles. The summed E-state index contributed by atoms with van der Waals surface area (Å²) in [5, 5.41) is 17.7. The molecule has 176 valence electrons. The van der Waals surface area contributed by atoms with Gasteiger partial charge < -0.3 is 30.4 Å². The summed E-state index contributed by atoms with van der Waals surface area (Å²) in [6.45, 7) is 8.15. The van der Waals surface area contributed by atoms with Gasteiger partial charge in [0.1, 0.15) is 16.9 Å². The molecule has 33 heavy (non-hydrogen) atoms. The van der Waals surface area contributed by atoms with Crippen molar-refractivity contribution in [3.63, 3.8) is 0 Å². The average Bonchev–Trinajstić information content (AvgIpc) is 3.24. The van der Waals surface area contributed by atoms with E-state index in [2.05, 4.69) is 40.6 Å². The van der Waals surface area contributed by atoms with Gasteiger partial charge in [-0.25, -0.2) is 19.8 Å². The van der Waals surface area contributed by atoms with E-state index < -0.39 is 6.09 Å². The Balaban J connectivity index is 2.11. The standard InChI is InChI=1S/C21H29N9O3/c1-11(26-20(31)33-6)9-25-19-23-8-7-12(28-19)14-15(30-18(29-14)21(2,3)4)13-10-24-16(22)17(27-13)32-5/h7-8,10-11,22H,9H2,1-6H3,(H,26,31)(H,29,30)(H2,23,25,28)/t11-/m0/s1/i10D. The van der Waals surface area contributed by atoms with Crippen LogP contribution in [0.5, 0.6) is 0 Å². The van der Waals surface area contributed by atoms with Gasteiger partial charge >= 0.3 is 6.09 Å². The zero-order valence-electron chi connectivity index (χ0n) is 20.5. The molecule has 12 nitrogen and oxygen atoms in total. The van der Waals surface area contributed by atoms with Gasteiger partial charge in [0, 0.05) is 17.7 Å². The number of carbonyl (C=O) groups excluding carboxylic acids is 1. The van der Waals surface area contributed by atoms with Crippen LogP contribution >= 0.6 is 0 Å². The first-order valence-electron chi connectivity index (χ1n) is 10.7. The number of nitrogens with one attached hydrogen (secondary N) is 5. The second-order valence-corrected chi connectivity index (χ2v) is 8.34. The van der Waals surface area contributed by atoms with E-state index in [1.165, 1.54) is 14.2 Å². The van der Waals surface area contributed by atoms with Gasteiger partial charge in [-0.2, -0.15) is 0 Å². The summed E-state index contributed by atoms with van der Waals surface area (Å²) >= 11 is 0. The lowest BCUT2D eigenvalue weighted by atomic mass is 9.96. The van der Waals surface area contributed by atoms with Crippen LogP contribution < -0.4 is 26.6 Å².